The molecule has 0 bridgehead atoms. The molecule has 9 heteroatoms. The van der Waals surface area contributed by atoms with E-state index in [9.17, 15) is 18.0 Å². The summed E-state index contributed by atoms with van der Waals surface area (Å²) in [5, 5.41) is 0.325. The van der Waals surface area contributed by atoms with E-state index in [0.717, 1.165) is 0 Å². The molecule has 154 valence electrons. The SMILES string of the molecule is CCCOC(=O)c1c[nH]c2c(=O)[nH]c3ccc(S(=O)(=O)C4CC[C@H](N)C4)cc3c12. The van der Waals surface area contributed by atoms with Crippen LogP contribution < -0.4 is 11.3 Å². The smallest absolute Gasteiger partial charge is 0.340 e. The van der Waals surface area contributed by atoms with Crippen molar-refractivity contribution in [3.8, 4) is 0 Å². The van der Waals surface area contributed by atoms with E-state index < -0.39 is 21.1 Å². The lowest BCUT2D eigenvalue weighted by Gasteiger charge is -2.13. The van der Waals surface area contributed by atoms with Crippen LogP contribution in [0.3, 0.4) is 0 Å². The van der Waals surface area contributed by atoms with Crippen LogP contribution in [0.4, 0.5) is 0 Å². The third-order valence-electron chi connectivity index (χ3n) is 5.47. The van der Waals surface area contributed by atoms with E-state index >= 15 is 0 Å². The summed E-state index contributed by atoms with van der Waals surface area (Å²) in [5.74, 6) is -0.556. The number of sulfone groups is 1. The first-order chi connectivity index (χ1) is 13.8. The van der Waals surface area contributed by atoms with E-state index in [0.29, 0.717) is 42.0 Å². The van der Waals surface area contributed by atoms with Gasteiger partial charge in [-0.2, -0.15) is 0 Å². The van der Waals surface area contributed by atoms with Gasteiger partial charge >= 0.3 is 5.97 Å². The number of hydrogen-bond donors (Lipinski definition) is 3. The maximum Gasteiger partial charge on any atom is 0.340 e. The summed E-state index contributed by atoms with van der Waals surface area (Å²) in [4.78, 5) is 30.6. The minimum atomic E-state index is -3.57. The molecule has 8 nitrogen and oxygen atoms in total. The fraction of sp³-hybridized carbons (Fsp3) is 0.400. The van der Waals surface area contributed by atoms with Gasteiger partial charge < -0.3 is 20.4 Å². The first-order valence-corrected chi connectivity index (χ1v) is 11.2. The van der Waals surface area contributed by atoms with Gasteiger partial charge in [0.15, 0.2) is 9.84 Å². The van der Waals surface area contributed by atoms with Crippen molar-refractivity contribution < 1.29 is 17.9 Å². The highest BCUT2D eigenvalue weighted by molar-refractivity contribution is 7.92. The fourth-order valence-corrected chi connectivity index (χ4v) is 5.84. The number of nitrogens with two attached hydrogens (primary N) is 1. The number of benzene rings is 1. The maximum atomic E-state index is 13.1. The molecule has 2 aromatic heterocycles. The second kappa shape index (κ2) is 7.31. The van der Waals surface area contributed by atoms with Gasteiger partial charge in [-0.15, -0.1) is 0 Å². The molecular weight excluding hydrogens is 394 g/mol. The van der Waals surface area contributed by atoms with Gasteiger partial charge in [0.05, 0.1) is 22.3 Å². The molecule has 1 aliphatic rings. The lowest BCUT2D eigenvalue weighted by atomic mass is 10.1. The Labute approximate surface area is 167 Å². The second-order valence-electron chi connectivity index (χ2n) is 7.49. The minimum Gasteiger partial charge on any atom is -0.462 e. The van der Waals surface area contributed by atoms with Crippen LogP contribution in [0.15, 0.2) is 34.1 Å². The average Bonchev–Trinajstić information content (AvgIpc) is 3.33. The van der Waals surface area contributed by atoms with Gasteiger partial charge in [-0.1, -0.05) is 6.92 Å². The van der Waals surface area contributed by atoms with Gasteiger partial charge in [-0.05, 0) is 43.9 Å². The predicted molar refractivity (Wildman–Crippen MR) is 110 cm³/mol. The molecule has 1 saturated carbocycles. The molecule has 1 aliphatic carbocycles. The fourth-order valence-electron chi connectivity index (χ4n) is 3.96. The standard InChI is InChI=1S/C20H23N3O5S/c1-2-7-28-20(25)15-10-22-18-17(15)14-9-13(5-6-16(14)23-19(18)24)29(26,27)12-4-3-11(21)8-12/h5-6,9-12,22H,2-4,7-8,21H2,1H3,(H,23,24)/t11-,12?/m0/s1. The Morgan fingerprint density at radius 2 is 2.10 bits per heavy atom. The van der Waals surface area contributed by atoms with Crippen LogP contribution >= 0.6 is 0 Å². The van der Waals surface area contributed by atoms with Gasteiger partial charge in [0.25, 0.3) is 5.56 Å². The number of ether oxygens (including phenoxy) is 1. The highest BCUT2D eigenvalue weighted by atomic mass is 32.2. The molecule has 1 aromatic carbocycles. The van der Waals surface area contributed by atoms with Crippen LogP contribution in [-0.4, -0.2) is 42.3 Å². The molecule has 3 aromatic rings. The number of rotatable bonds is 5. The van der Waals surface area contributed by atoms with Crippen LogP contribution in [0.5, 0.6) is 0 Å². The minimum absolute atomic E-state index is 0.108. The summed E-state index contributed by atoms with van der Waals surface area (Å²) < 4.78 is 31.4. The molecule has 1 unspecified atom stereocenters. The predicted octanol–water partition coefficient (Wildman–Crippen LogP) is 2.23. The zero-order valence-electron chi connectivity index (χ0n) is 16.0. The van der Waals surface area contributed by atoms with Crippen molar-refractivity contribution in [2.75, 3.05) is 6.61 Å². The van der Waals surface area contributed by atoms with E-state index in [2.05, 4.69) is 9.97 Å². The van der Waals surface area contributed by atoms with Crippen LogP contribution in [0.25, 0.3) is 21.8 Å². The molecule has 1 fully saturated rings. The number of fused-ring (bicyclic) bond motifs is 3. The van der Waals surface area contributed by atoms with E-state index in [1.54, 1.807) is 6.07 Å². The maximum absolute atomic E-state index is 13.1. The number of carbonyl (C=O) groups excluding carboxylic acids is 1. The Hall–Kier alpha value is -2.65. The molecule has 4 N–H and O–H groups in total. The molecule has 0 aliphatic heterocycles. The molecule has 4 rings (SSSR count). The number of aromatic amines is 2. The van der Waals surface area contributed by atoms with Gasteiger partial charge in [-0.25, -0.2) is 13.2 Å². The van der Waals surface area contributed by atoms with Crippen molar-refractivity contribution in [2.45, 2.75) is 48.8 Å². The van der Waals surface area contributed by atoms with Crippen molar-refractivity contribution >= 4 is 37.6 Å². The van der Waals surface area contributed by atoms with Crippen molar-refractivity contribution in [3.05, 3.63) is 40.3 Å². The Morgan fingerprint density at radius 3 is 2.79 bits per heavy atom. The summed E-state index contributed by atoms with van der Waals surface area (Å²) in [6.07, 6.45) is 3.73. The van der Waals surface area contributed by atoms with Gasteiger partial charge in [0, 0.05) is 28.5 Å². The molecule has 2 heterocycles. The lowest BCUT2D eigenvalue weighted by Crippen LogP contribution is -2.22. The van der Waals surface area contributed by atoms with Gasteiger partial charge in [-0.3, -0.25) is 4.79 Å². The first-order valence-electron chi connectivity index (χ1n) is 9.66. The summed E-state index contributed by atoms with van der Waals surface area (Å²) in [5.41, 5.74) is 6.38. The second-order valence-corrected chi connectivity index (χ2v) is 9.72. The zero-order chi connectivity index (χ0) is 20.8. The summed E-state index contributed by atoms with van der Waals surface area (Å²) in [6.45, 7) is 2.14. The van der Waals surface area contributed by atoms with Gasteiger partial charge in [0.1, 0.15) is 5.52 Å². The molecule has 2 atom stereocenters. The largest absolute Gasteiger partial charge is 0.462 e. The Kier molecular flexibility index (Phi) is 4.95. The highest BCUT2D eigenvalue weighted by Gasteiger charge is 2.34. The Bertz CT molecular complexity index is 1260. The van der Waals surface area contributed by atoms with Crippen LogP contribution in [0.1, 0.15) is 43.0 Å². The Morgan fingerprint density at radius 1 is 1.31 bits per heavy atom. The number of carbonyl (C=O) groups is 1. The lowest BCUT2D eigenvalue weighted by molar-refractivity contribution is 0.0507. The van der Waals surface area contributed by atoms with Crippen LogP contribution in [0.2, 0.25) is 0 Å². The number of pyridine rings is 1. The summed E-state index contributed by atoms with van der Waals surface area (Å²) >= 11 is 0. The van der Waals surface area contributed by atoms with E-state index in [-0.39, 0.29) is 34.2 Å². The summed E-state index contributed by atoms with van der Waals surface area (Å²) in [6, 6.07) is 4.47. The third kappa shape index (κ3) is 3.34. The normalized spacial score (nSPS) is 19.8. The van der Waals surface area contributed by atoms with Gasteiger partial charge in [0.2, 0.25) is 0 Å². The first kappa shape index (κ1) is 19.7. The van der Waals surface area contributed by atoms with E-state index in [4.69, 9.17) is 10.5 Å². The van der Waals surface area contributed by atoms with Crippen molar-refractivity contribution in [1.29, 1.82) is 0 Å². The number of aromatic nitrogens is 2. The molecule has 0 saturated heterocycles. The molecule has 0 spiro atoms. The number of H-pyrrole nitrogens is 2. The molecule has 0 radical (unpaired) electrons. The molecule has 0 amide bonds. The monoisotopic (exact) mass is 417 g/mol. The topological polar surface area (TPSA) is 135 Å². The van der Waals surface area contributed by atoms with Crippen molar-refractivity contribution in [2.24, 2.45) is 5.73 Å². The molecule has 29 heavy (non-hydrogen) atoms. The number of nitrogens with one attached hydrogen (secondary N) is 2. The van der Waals surface area contributed by atoms with Crippen LogP contribution in [-0.2, 0) is 14.6 Å². The van der Waals surface area contributed by atoms with E-state index in [1.807, 2.05) is 6.92 Å². The van der Waals surface area contributed by atoms with E-state index in [1.165, 1.54) is 18.3 Å². The molecular formula is C20H23N3O5S. The average molecular weight is 417 g/mol. The summed E-state index contributed by atoms with van der Waals surface area (Å²) in [7, 11) is -3.57. The quantitative estimate of drug-likeness (QED) is 0.545. The Balaban J connectivity index is 1.90. The number of hydrogen-bond acceptors (Lipinski definition) is 6. The van der Waals surface area contributed by atoms with Crippen molar-refractivity contribution in [3.63, 3.8) is 0 Å². The third-order valence-corrected chi connectivity index (χ3v) is 7.68. The zero-order valence-corrected chi connectivity index (χ0v) is 16.8. The van der Waals surface area contributed by atoms with Crippen molar-refractivity contribution in [1.82, 2.24) is 9.97 Å². The van der Waals surface area contributed by atoms with Crippen LogP contribution in [0, 0.1) is 0 Å². The highest BCUT2D eigenvalue weighted by Crippen LogP contribution is 2.32. The number of esters is 1.